The Hall–Kier alpha value is -0.570. The summed E-state index contributed by atoms with van der Waals surface area (Å²) in [5.41, 5.74) is 5.69. The van der Waals surface area contributed by atoms with Gasteiger partial charge in [-0.2, -0.15) is 0 Å². The first-order valence-electron chi connectivity index (χ1n) is 8.03. The van der Waals surface area contributed by atoms with Crippen LogP contribution in [0, 0.1) is 29.1 Å². The predicted octanol–water partition coefficient (Wildman–Crippen LogP) is 2.30. The molecule has 4 aliphatic carbocycles. The first-order valence-corrected chi connectivity index (χ1v) is 8.03. The van der Waals surface area contributed by atoms with Crippen molar-refractivity contribution in [2.45, 2.75) is 58.4 Å². The highest BCUT2D eigenvalue weighted by Gasteiger charge is 2.54. The minimum atomic E-state index is -0.0165. The third-order valence-corrected chi connectivity index (χ3v) is 6.10. The number of nitrogens with one attached hydrogen (secondary N) is 1. The summed E-state index contributed by atoms with van der Waals surface area (Å²) in [6, 6.07) is 0.200. The molecule has 0 aromatic rings. The highest BCUT2D eigenvalue weighted by atomic mass is 16.2. The molecule has 0 spiro atoms. The molecule has 0 saturated heterocycles. The van der Waals surface area contributed by atoms with Crippen LogP contribution < -0.4 is 11.1 Å². The Kier molecular flexibility index (Phi) is 3.36. The van der Waals surface area contributed by atoms with E-state index >= 15 is 0 Å². The normalized spacial score (nSPS) is 43.0. The topological polar surface area (TPSA) is 55.1 Å². The third kappa shape index (κ3) is 2.31. The van der Waals surface area contributed by atoms with Crippen molar-refractivity contribution in [3.8, 4) is 0 Å². The molecule has 4 fully saturated rings. The molecule has 3 heteroatoms. The molecule has 4 bridgehead atoms. The summed E-state index contributed by atoms with van der Waals surface area (Å²) in [6.45, 7) is 4.85. The summed E-state index contributed by atoms with van der Waals surface area (Å²) >= 11 is 0. The second-order valence-corrected chi connectivity index (χ2v) is 7.67. The van der Waals surface area contributed by atoms with Crippen LogP contribution in [0.25, 0.3) is 0 Å². The van der Waals surface area contributed by atoms with Crippen molar-refractivity contribution in [1.29, 1.82) is 0 Å². The fraction of sp³-hybridized carbons (Fsp3) is 0.938. The van der Waals surface area contributed by atoms with Crippen LogP contribution in [-0.2, 0) is 4.79 Å². The molecule has 0 aromatic carbocycles. The molecule has 3 N–H and O–H groups in total. The Morgan fingerprint density at radius 2 is 1.63 bits per heavy atom. The van der Waals surface area contributed by atoms with Crippen molar-refractivity contribution < 1.29 is 4.79 Å². The number of hydrogen-bond acceptors (Lipinski definition) is 2. The van der Waals surface area contributed by atoms with Crippen molar-refractivity contribution in [3.63, 3.8) is 0 Å². The van der Waals surface area contributed by atoms with Gasteiger partial charge in [0.05, 0.1) is 0 Å². The van der Waals surface area contributed by atoms with Gasteiger partial charge in [0, 0.05) is 11.5 Å². The fourth-order valence-corrected chi connectivity index (χ4v) is 5.09. The van der Waals surface area contributed by atoms with Crippen molar-refractivity contribution in [2.75, 3.05) is 6.54 Å². The van der Waals surface area contributed by atoms with E-state index in [1.54, 1.807) is 0 Å². The smallest absolute Gasteiger partial charge is 0.226 e. The van der Waals surface area contributed by atoms with Gasteiger partial charge < -0.3 is 11.1 Å². The number of amides is 1. The molecule has 4 saturated carbocycles. The van der Waals surface area contributed by atoms with E-state index in [4.69, 9.17) is 5.73 Å². The van der Waals surface area contributed by atoms with Crippen LogP contribution in [0.15, 0.2) is 0 Å². The van der Waals surface area contributed by atoms with E-state index in [1.165, 1.54) is 19.3 Å². The Morgan fingerprint density at radius 3 is 2.05 bits per heavy atom. The van der Waals surface area contributed by atoms with Crippen molar-refractivity contribution in [1.82, 2.24) is 5.32 Å². The summed E-state index contributed by atoms with van der Waals surface area (Å²) in [5.74, 6) is 3.19. The van der Waals surface area contributed by atoms with Crippen LogP contribution in [-0.4, -0.2) is 18.5 Å². The average molecular weight is 264 g/mol. The molecule has 19 heavy (non-hydrogen) atoms. The molecule has 4 rings (SSSR count). The van der Waals surface area contributed by atoms with Gasteiger partial charge in [-0.25, -0.2) is 0 Å². The zero-order valence-corrected chi connectivity index (χ0v) is 12.3. The van der Waals surface area contributed by atoms with Gasteiger partial charge in [-0.3, -0.25) is 4.79 Å². The number of rotatable bonds is 4. The quantitative estimate of drug-likeness (QED) is 0.818. The lowest BCUT2D eigenvalue weighted by Gasteiger charge is -2.55. The molecule has 4 aliphatic rings. The minimum absolute atomic E-state index is 0.0165. The maximum Gasteiger partial charge on any atom is 0.226 e. The maximum absolute atomic E-state index is 12.8. The van der Waals surface area contributed by atoms with Gasteiger partial charge in [-0.15, -0.1) is 0 Å². The van der Waals surface area contributed by atoms with E-state index in [0.29, 0.717) is 18.4 Å². The van der Waals surface area contributed by atoms with Gasteiger partial charge in [0.25, 0.3) is 0 Å². The predicted molar refractivity (Wildman–Crippen MR) is 76.4 cm³/mol. The average Bonchev–Trinajstić information content (AvgIpc) is 2.36. The fourth-order valence-electron chi connectivity index (χ4n) is 5.09. The van der Waals surface area contributed by atoms with E-state index in [1.807, 2.05) is 0 Å². The van der Waals surface area contributed by atoms with Gasteiger partial charge in [0.1, 0.15) is 0 Å². The Morgan fingerprint density at radius 1 is 1.16 bits per heavy atom. The maximum atomic E-state index is 12.8. The number of hydrogen-bond donors (Lipinski definition) is 2. The summed E-state index contributed by atoms with van der Waals surface area (Å²) < 4.78 is 0. The van der Waals surface area contributed by atoms with E-state index in [9.17, 15) is 4.79 Å². The number of nitrogens with two attached hydrogens (primary N) is 1. The number of carbonyl (C=O) groups is 1. The van der Waals surface area contributed by atoms with Gasteiger partial charge in [0.15, 0.2) is 0 Å². The zero-order chi connectivity index (χ0) is 13.6. The minimum Gasteiger partial charge on any atom is -0.353 e. The Labute approximate surface area is 116 Å². The second-order valence-electron chi connectivity index (χ2n) is 7.67. The summed E-state index contributed by atoms with van der Waals surface area (Å²) in [5, 5.41) is 3.27. The van der Waals surface area contributed by atoms with Crippen molar-refractivity contribution in [3.05, 3.63) is 0 Å². The highest BCUT2D eigenvalue weighted by Crippen LogP contribution is 2.60. The standard InChI is InChI=1S/C16H28N2O/c1-10(9-17)11(2)18-15(19)16-6-12-3-13(7-16)5-14(4-12)8-16/h10-14H,3-9,17H2,1-2H3,(H,18,19). The van der Waals surface area contributed by atoms with Crippen LogP contribution in [0.4, 0.5) is 0 Å². The number of carbonyl (C=O) groups excluding carboxylic acids is 1. The Bertz CT molecular complexity index is 330. The summed E-state index contributed by atoms with van der Waals surface area (Å²) in [6.07, 6.45) is 7.61. The monoisotopic (exact) mass is 264 g/mol. The lowest BCUT2D eigenvalue weighted by molar-refractivity contribution is -0.147. The molecule has 0 aliphatic heterocycles. The lowest BCUT2D eigenvalue weighted by atomic mass is 9.49. The molecule has 0 aromatic heterocycles. The first kappa shape index (κ1) is 13.4. The molecule has 2 unspecified atom stereocenters. The van der Waals surface area contributed by atoms with E-state index < -0.39 is 0 Å². The molecule has 1 amide bonds. The van der Waals surface area contributed by atoms with Gasteiger partial charge in [-0.1, -0.05) is 6.92 Å². The van der Waals surface area contributed by atoms with E-state index in [0.717, 1.165) is 37.0 Å². The van der Waals surface area contributed by atoms with Crippen LogP contribution in [0.1, 0.15) is 52.4 Å². The summed E-state index contributed by atoms with van der Waals surface area (Å²) in [7, 11) is 0. The summed E-state index contributed by atoms with van der Waals surface area (Å²) in [4.78, 5) is 12.8. The van der Waals surface area contributed by atoms with Gasteiger partial charge >= 0.3 is 0 Å². The Balaban J connectivity index is 1.69. The van der Waals surface area contributed by atoms with Crippen molar-refractivity contribution in [2.24, 2.45) is 34.8 Å². The third-order valence-electron chi connectivity index (χ3n) is 6.10. The highest BCUT2D eigenvalue weighted by molar-refractivity contribution is 5.83. The molecule has 108 valence electrons. The molecular formula is C16H28N2O. The lowest BCUT2D eigenvalue weighted by Crippen LogP contribution is -2.55. The zero-order valence-electron chi connectivity index (χ0n) is 12.3. The molecule has 0 radical (unpaired) electrons. The van der Waals surface area contributed by atoms with Crippen LogP contribution >= 0.6 is 0 Å². The van der Waals surface area contributed by atoms with Gasteiger partial charge in [-0.05, 0) is 75.7 Å². The molecule has 0 heterocycles. The largest absolute Gasteiger partial charge is 0.353 e. The van der Waals surface area contributed by atoms with Crippen LogP contribution in [0.2, 0.25) is 0 Å². The van der Waals surface area contributed by atoms with E-state index in [-0.39, 0.29) is 11.5 Å². The van der Waals surface area contributed by atoms with Crippen LogP contribution in [0.5, 0.6) is 0 Å². The van der Waals surface area contributed by atoms with Crippen molar-refractivity contribution >= 4 is 5.91 Å². The molecule has 3 nitrogen and oxygen atoms in total. The molecule has 2 atom stereocenters. The van der Waals surface area contributed by atoms with E-state index in [2.05, 4.69) is 19.2 Å². The van der Waals surface area contributed by atoms with Crippen LogP contribution in [0.3, 0.4) is 0 Å². The second kappa shape index (κ2) is 4.76. The van der Waals surface area contributed by atoms with Gasteiger partial charge in [0.2, 0.25) is 5.91 Å². The SMILES string of the molecule is CC(CN)C(C)NC(=O)C12CC3CC(CC(C3)C1)C2. The first-order chi connectivity index (χ1) is 9.02. The molecular weight excluding hydrogens is 236 g/mol.